The van der Waals surface area contributed by atoms with Gasteiger partial charge in [-0.15, -0.1) is 11.3 Å². The first-order chi connectivity index (χ1) is 11.5. The van der Waals surface area contributed by atoms with E-state index in [9.17, 15) is 4.79 Å². The lowest BCUT2D eigenvalue weighted by Crippen LogP contribution is -2.39. The van der Waals surface area contributed by atoms with Crippen LogP contribution in [0.5, 0.6) is 5.75 Å². The lowest BCUT2D eigenvalue weighted by atomic mass is 10.1. The molecule has 1 amide bonds. The first-order valence-electron chi connectivity index (χ1n) is 8.11. The fourth-order valence-corrected chi connectivity index (χ4v) is 2.98. The highest BCUT2D eigenvalue weighted by molar-refractivity contribution is 7.13. The van der Waals surface area contributed by atoms with Crippen LogP contribution in [0.25, 0.3) is 10.6 Å². The maximum absolute atomic E-state index is 12.1. The Bertz CT molecular complexity index is 655. The standard InChI is InChI=1S/C18H24N2O3S/c1-4-23-16-7-5-14(6-8-16)18-20-15(11-24-18)9-17(22)19-13(3)12(2)10-21/h5-8,11-13,21H,4,9-10H2,1-3H3,(H,19,22). The van der Waals surface area contributed by atoms with Crippen LogP contribution in [0, 0.1) is 5.92 Å². The molecule has 0 aliphatic carbocycles. The molecule has 2 aromatic rings. The van der Waals surface area contributed by atoms with Gasteiger partial charge in [-0.2, -0.15) is 0 Å². The summed E-state index contributed by atoms with van der Waals surface area (Å²) in [6.07, 6.45) is 0.246. The van der Waals surface area contributed by atoms with Gasteiger partial charge in [0.15, 0.2) is 0 Å². The molecule has 1 aromatic heterocycles. The predicted molar refractivity (Wildman–Crippen MR) is 96.3 cm³/mol. The number of aliphatic hydroxyl groups is 1. The van der Waals surface area contributed by atoms with Crippen molar-refractivity contribution in [1.29, 1.82) is 0 Å². The summed E-state index contributed by atoms with van der Waals surface area (Å²) in [6, 6.07) is 7.72. The minimum Gasteiger partial charge on any atom is -0.494 e. The van der Waals surface area contributed by atoms with Gasteiger partial charge < -0.3 is 15.2 Å². The van der Waals surface area contributed by atoms with Crippen molar-refractivity contribution in [3.63, 3.8) is 0 Å². The zero-order chi connectivity index (χ0) is 17.5. The summed E-state index contributed by atoms with van der Waals surface area (Å²) < 4.78 is 5.43. The van der Waals surface area contributed by atoms with Gasteiger partial charge in [-0.05, 0) is 44.0 Å². The number of ether oxygens (including phenoxy) is 1. The summed E-state index contributed by atoms with van der Waals surface area (Å²) >= 11 is 1.52. The molecule has 0 saturated carbocycles. The number of amides is 1. The van der Waals surface area contributed by atoms with E-state index in [-0.39, 0.29) is 30.9 Å². The van der Waals surface area contributed by atoms with Gasteiger partial charge in [0.25, 0.3) is 0 Å². The molecule has 2 N–H and O–H groups in total. The number of carbonyl (C=O) groups is 1. The van der Waals surface area contributed by atoms with Gasteiger partial charge in [0.2, 0.25) is 5.91 Å². The maximum Gasteiger partial charge on any atom is 0.226 e. The first kappa shape index (κ1) is 18.4. The average Bonchev–Trinajstić information content (AvgIpc) is 3.03. The fourth-order valence-electron chi connectivity index (χ4n) is 2.15. The lowest BCUT2D eigenvalue weighted by Gasteiger charge is -2.18. The summed E-state index contributed by atoms with van der Waals surface area (Å²) in [5, 5.41) is 14.8. The zero-order valence-corrected chi connectivity index (χ0v) is 15.1. The summed E-state index contributed by atoms with van der Waals surface area (Å²) in [7, 11) is 0. The Balaban J connectivity index is 1.96. The number of hydrogen-bond acceptors (Lipinski definition) is 5. The topological polar surface area (TPSA) is 71.5 Å². The van der Waals surface area contributed by atoms with Crippen molar-refractivity contribution in [1.82, 2.24) is 10.3 Å². The average molecular weight is 348 g/mol. The number of benzene rings is 1. The third-order valence-electron chi connectivity index (χ3n) is 3.84. The summed E-state index contributed by atoms with van der Waals surface area (Å²) in [4.78, 5) is 16.6. The van der Waals surface area contributed by atoms with Crippen LogP contribution < -0.4 is 10.1 Å². The fraction of sp³-hybridized carbons (Fsp3) is 0.444. The van der Waals surface area contributed by atoms with E-state index in [0.717, 1.165) is 22.0 Å². The summed E-state index contributed by atoms with van der Waals surface area (Å²) in [6.45, 7) is 6.44. The van der Waals surface area contributed by atoms with Crippen molar-refractivity contribution in [2.75, 3.05) is 13.2 Å². The molecule has 2 atom stereocenters. The van der Waals surface area contributed by atoms with Gasteiger partial charge in [0.05, 0.1) is 18.7 Å². The highest BCUT2D eigenvalue weighted by Crippen LogP contribution is 2.26. The minimum atomic E-state index is -0.0775. The van der Waals surface area contributed by atoms with Crippen LogP contribution in [-0.4, -0.2) is 35.3 Å². The van der Waals surface area contributed by atoms with Gasteiger partial charge in [-0.25, -0.2) is 4.98 Å². The Kier molecular flexibility index (Phi) is 6.75. The van der Waals surface area contributed by atoms with E-state index in [4.69, 9.17) is 9.84 Å². The van der Waals surface area contributed by atoms with E-state index in [1.165, 1.54) is 11.3 Å². The van der Waals surface area contributed by atoms with Crippen molar-refractivity contribution in [2.24, 2.45) is 5.92 Å². The van der Waals surface area contributed by atoms with Crippen LogP contribution in [0.1, 0.15) is 26.5 Å². The Labute approximate surface area is 146 Å². The molecule has 0 radical (unpaired) electrons. The molecule has 2 unspecified atom stereocenters. The second-order valence-corrected chi connectivity index (χ2v) is 6.65. The number of thiazole rings is 1. The third kappa shape index (κ3) is 5.04. The third-order valence-corrected chi connectivity index (χ3v) is 4.78. The Hall–Kier alpha value is -1.92. The van der Waals surface area contributed by atoms with Gasteiger partial charge in [0.1, 0.15) is 10.8 Å². The van der Waals surface area contributed by atoms with Gasteiger partial charge in [-0.1, -0.05) is 6.92 Å². The molecule has 0 saturated heterocycles. The number of nitrogens with zero attached hydrogens (tertiary/aromatic N) is 1. The quantitative estimate of drug-likeness (QED) is 0.769. The van der Waals surface area contributed by atoms with E-state index in [1.54, 1.807) is 0 Å². The molecule has 2 rings (SSSR count). The molecule has 1 aromatic carbocycles. The smallest absolute Gasteiger partial charge is 0.226 e. The molecule has 0 bridgehead atoms. The van der Waals surface area contributed by atoms with Crippen LogP contribution in [0.15, 0.2) is 29.6 Å². The van der Waals surface area contributed by atoms with Gasteiger partial charge in [0, 0.05) is 23.6 Å². The second-order valence-electron chi connectivity index (χ2n) is 5.79. The Morgan fingerprint density at radius 2 is 2.04 bits per heavy atom. The van der Waals surface area contributed by atoms with E-state index in [2.05, 4.69) is 10.3 Å². The van der Waals surface area contributed by atoms with Crippen LogP contribution in [-0.2, 0) is 11.2 Å². The Morgan fingerprint density at radius 3 is 2.67 bits per heavy atom. The number of rotatable bonds is 8. The number of carbonyl (C=O) groups excluding carboxylic acids is 1. The maximum atomic E-state index is 12.1. The SMILES string of the molecule is CCOc1ccc(-c2nc(CC(=O)NC(C)C(C)CO)cs2)cc1. The second kappa shape index (κ2) is 8.80. The number of aliphatic hydroxyl groups excluding tert-OH is 1. The molecule has 0 spiro atoms. The monoisotopic (exact) mass is 348 g/mol. The highest BCUT2D eigenvalue weighted by Gasteiger charge is 2.15. The molecule has 0 fully saturated rings. The van der Waals surface area contributed by atoms with E-state index in [0.29, 0.717) is 6.61 Å². The zero-order valence-electron chi connectivity index (χ0n) is 14.3. The molecule has 130 valence electrons. The first-order valence-corrected chi connectivity index (χ1v) is 8.99. The van der Waals surface area contributed by atoms with Gasteiger partial charge >= 0.3 is 0 Å². The van der Waals surface area contributed by atoms with Crippen LogP contribution in [0.4, 0.5) is 0 Å². The number of aromatic nitrogens is 1. The molecule has 1 heterocycles. The van der Waals surface area contributed by atoms with Crippen molar-refractivity contribution >= 4 is 17.2 Å². The normalized spacial score (nSPS) is 13.3. The molecular formula is C18H24N2O3S. The lowest BCUT2D eigenvalue weighted by molar-refractivity contribution is -0.121. The summed E-state index contributed by atoms with van der Waals surface area (Å²) in [5.74, 6) is 0.791. The molecule has 5 nitrogen and oxygen atoms in total. The van der Waals surface area contributed by atoms with Crippen molar-refractivity contribution in [3.05, 3.63) is 35.3 Å². The summed E-state index contributed by atoms with van der Waals surface area (Å²) in [5.41, 5.74) is 1.77. The van der Waals surface area contributed by atoms with Crippen LogP contribution in [0.2, 0.25) is 0 Å². The van der Waals surface area contributed by atoms with Crippen molar-refractivity contribution in [2.45, 2.75) is 33.2 Å². The largest absolute Gasteiger partial charge is 0.494 e. The number of nitrogens with one attached hydrogen (secondary N) is 1. The van der Waals surface area contributed by atoms with E-state index in [1.807, 2.05) is 50.4 Å². The van der Waals surface area contributed by atoms with Crippen molar-refractivity contribution in [3.8, 4) is 16.3 Å². The van der Waals surface area contributed by atoms with E-state index < -0.39 is 0 Å². The molecule has 24 heavy (non-hydrogen) atoms. The highest BCUT2D eigenvalue weighted by atomic mass is 32.1. The van der Waals surface area contributed by atoms with E-state index >= 15 is 0 Å². The van der Waals surface area contributed by atoms with Crippen molar-refractivity contribution < 1.29 is 14.6 Å². The van der Waals surface area contributed by atoms with Crippen LogP contribution in [0.3, 0.4) is 0 Å². The minimum absolute atomic E-state index is 0.0313. The molecule has 0 aliphatic heterocycles. The Morgan fingerprint density at radius 1 is 1.33 bits per heavy atom. The predicted octanol–water partition coefficient (Wildman–Crippen LogP) is 2.88. The molecular weight excluding hydrogens is 324 g/mol. The number of hydrogen-bond donors (Lipinski definition) is 2. The van der Waals surface area contributed by atoms with Crippen LogP contribution >= 0.6 is 11.3 Å². The molecule has 6 heteroatoms. The van der Waals surface area contributed by atoms with Gasteiger partial charge in [-0.3, -0.25) is 4.79 Å². The molecule has 0 aliphatic rings.